The molecule has 1 aromatic carbocycles. The standard InChI is InChI=1S/C22H19ClFN5O/c1-29-22(11-20(28-29)19-4-2-3-9-26-19)30-21-10-15(23)6-7-16(21)18-8-5-14(13-27-18)17(24)12-25/h2-11,13,17H,12,25H2,1H3/t17-/m0/s1. The Hall–Kier alpha value is -3.29. The van der Waals surface area contributed by atoms with Crippen LogP contribution < -0.4 is 10.5 Å². The summed E-state index contributed by atoms with van der Waals surface area (Å²) in [5, 5.41) is 4.99. The topological polar surface area (TPSA) is 78.8 Å². The Bertz CT molecular complexity index is 1150. The van der Waals surface area contributed by atoms with E-state index in [2.05, 4.69) is 15.1 Å². The summed E-state index contributed by atoms with van der Waals surface area (Å²) in [5.41, 5.74) is 8.60. The van der Waals surface area contributed by atoms with Gasteiger partial charge in [0.15, 0.2) is 0 Å². The number of pyridine rings is 2. The molecule has 0 spiro atoms. The quantitative estimate of drug-likeness (QED) is 0.474. The number of nitrogens with two attached hydrogens (primary N) is 1. The van der Waals surface area contributed by atoms with Gasteiger partial charge in [-0.3, -0.25) is 9.97 Å². The molecule has 1 atom stereocenters. The molecule has 152 valence electrons. The van der Waals surface area contributed by atoms with E-state index in [0.717, 1.165) is 11.3 Å². The third kappa shape index (κ3) is 4.17. The van der Waals surface area contributed by atoms with Crippen molar-refractivity contribution in [2.24, 2.45) is 12.8 Å². The SMILES string of the molecule is Cn1nc(-c2ccccn2)cc1Oc1cc(Cl)ccc1-c1ccc([C@@H](F)CN)cn1. The molecule has 0 amide bonds. The highest BCUT2D eigenvalue weighted by molar-refractivity contribution is 6.30. The van der Waals surface area contributed by atoms with Crippen molar-refractivity contribution in [1.82, 2.24) is 19.7 Å². The molecule has 4 aromatic rings. The van der Waals surface area contributed by atoms with Gasteiger partial charge in [0.2, 0.25) is 5.88 Å². The molecule has 6 nitrogen and oxygen atoms in total. The Labute approximate surface area is 178 Å². The van der Waals surface area contributed by atoms with Crippen molar-refractivity contribution in [2.75, 3.05) is 6.54 Å². The van der Waals surface area contributed by atoms with Crippen molar-refractivity contribution >= 4 is 11.6 Å². The fraction of sp³-hybridized carbons (Fsp3) is 0.136. The van der Waals surface area contributed by atoms with E-state index in [-0.39, 0.29) is 6.54 Å². The maximum Gasteiger partial charge on any atom is 0.218 e. The van der Waals surface area contributed by atoms with Crippen molar-refractivity contribution in [3.63, 3.8) is 0 Å². The molecule has 3 aromatic heterocycles. The lowest BCUT2D eigenvalue weighted by molar-refractivity contribution is 0.352. The van der Waals surface area contributed by atoms with Crippen LogP contribution in [-0.4, -0.2) is 26.3 Å². The smallest absolute Gasteiger partial charge is 0.218 e. The molecule has 0 unspecified atom stereocenters. The summed E-state index contributed by atoms with van der Waals surface area (Å²) in [6.45, 7) is -0.0879. The second-order valence-electron chi connectivity index (χ2n) is 6.63. The lowest BCUT2D eigenvalue weighted by Gasteiger charge is -2.12. The summed E-state index contributed by atoms with van der Waals surface area (Å²) in [6, 6.07) is 16.1. The van der Waals surface area contributed by atoms with Crippen molar-refractivity contribution in [3.05, 3.63) is 77.6 Å². The van der Waals surface area contributed by atoms with Crippen LogP contribution in [0.2, 0.25) is 5.02 Å². The van der Waals surface area contributed by atoms with Crippen LogP contribution in [-0.2, 0) is 7.05 Å². The van der Waals surface area contributed by atoms with Gasteiger partial charge in [-0.05, 0) is 30.3 Å². The van der Waals surface area contributed by atoms with Gasteiger partial charge >= 0.3 is 0 Å². The van der Waals surface area contributed by atoms with E-state index in [1.165, 1.54) is 6.20 Å². The minimum Gasteiger partial charge on any atom is -0.439 e. The molecule has 0 aliphatic heterocycles. The number of halogens is 2. The highest BCUT2D eigenvalue weighted by Crippen LogP contribution is 2.36. The zero-order chi connectivity index (χ0) is 21.1. The van der Waals surface area contributed by atoms with E-state index in [1.54, 1.807) is 48.3 Å². The van der Waals surface area contributed by atoms with Gasteiger partial charge < -0.3 is 10.5 Å². The average molecular weight is 424 g/mol. The van der Waals surface area contributed by atoms with Crippen LogP contribution in [0.15, 0.2) is 67.0 Å². The number of alkyl halides is 1. The first-order valence-electron chi connectivity index (χ1n) is 9.28. The first-order valence-corrected chi connectivity index (χ1v) is 9.66. The van der Waals surface area contributed by atoms with E-state index in [1.807, 2.05) is 24.3 Å². The highest BCUT2D eigenvalue weighted by Gasteiger charge is 2.15. The molecule has 4 rings (SSSR count). The molecular formula is C22H19ClFN5O. The van der Waals surface area contributed by atoms with Gasteiger partial charge in [0, 0.05) is 54.3 Å². The zero-order valence-corrected chi connectivity index (χ0v) is 16.9. The van der Waals surface area contributed by atoms with Gasteiger partial charge in [-0.2, -0.15) is 5.10 Å². The maximum atomic E-state index is 13.8. The average Bonchev–Trinajstić information content (AvgIpc) is 3.14. The second kappa shape index (κ2) is 8.61. The summed E-state index contributed by atoms with van der Waals surface area (Å²) in [4.78, 5) is 8.69. The molecule has 0 aliphatic rings. The first kappa shape index (κ1) is 20.0. The molecule has 0 fully saturated rings. The van der Waals surface area contributed by atoms with Gasteiger partial charge in [0.1, 0.15) is 17.6 Å². The van der Waals surface area contributed by atoms with Crippen LogP contribution in [0, 0.1) is 0 Å². The monoisotopic (exact) mass is 423 g/mol. The fourth-order valence-electron chi connectivity index (χ4n) is 2.98. The summed E-state index contributed by atoms with van der Waals surface area (Å²) in [5.74, 6) is 1.02. The molecule has 0 bridgehead atoms. The molecule has 0 radical (unpaired) electrons. The lowest BCUT2D eigenvalue weighted by Crippen LogP contribution is -2.07. The van der Waals surface area contributed by atoms with E-state index in [0.29, 0.717) is 33.6 Å². The number of hydrogen-bond donors (Lipinski definition) is 1. The Balaban J connectivity index is 1.67. The lowest BCUT2D eigenvalue weighted by atomic mass is 10.1. The third-order valence-corrected chi connectivity index (χ3v) is 4.79. The van der Waals surface area contributed by atoms with Crippen LogP contribution in [0.3, 0.4) is 0 Å². The molecule has 0 aliphatic carbocycles. The van der Waals surface area contributed by atoms with Gasteiger partial charge in [-0.25, -0.2) is 9.07 Å². The van der Waals surface area contributed by atoms with Gasteiger partial charge in [-0.1, -0.05) is 23.7 Å². The molecule has 0 saturated heterocycles. The number of ether oxygens (including phenoxy) is 1. The molecule has 30 heavy (non-hydrogen) atoms. The Morgan fingerprint density at radius 2 is 1.93 bits per heavy atom. The number of benzene rings is 1. The third-order valence-electron chi connectivity index (χ3n) is 4.55. The summed E-state index contributed by atoms with van der Waals surface area (Å²) < 4.78 is 21.5. The zero-order valence-electron chi connectivity index (χ0n) is 16.2. The van der Waals surface area contributed by atoms with Gasteiger partial charge in [0.25, 0.3) is 0 Å². The van der Waals surface area contributed by atoms with E-state index in [4.69, 9.17) is 22.1 Å². The van der Waals surface area contributed by atoms with Crippen molar-refractivity contribution in [1.29, 1.82) is 0 Å². The van der Waals surface area contributed by atoms with E-state index >= 15 is 0 Å². The Kier molecular flexibility index (Phi) is 5.74. The highest BCUT2D eigenvalue weighted by atomic mass is 35.5. The first-order chi connectivity index (χ1) is 14.5. The van der Waals surface area contributed by atoms with Crippen molar-refractivity contribution in [2.45, 2.75) is 6.17 Å². The molecule has 8 heteroatoms. The van der Waals surface area contributed by atoms with Crippen LogP contribution >= 0.6 is 11.6 Å². The number of hydrogen-bond acceptors (Lipinski definition) is 5. The minimum absolute atomic E-state index is 0.0879. The molecule has 2 N–H and O–H groups in total. The van der Waals surface area contributed by atoms with Crippen molar-refractivity contribution < 1.29 is 9.13 Å². The second-order valence-corrected chi connectivity index (χ2v) is 7.07. The number of rotatable bonds is 6. The Morgan fingerprint density at radius 1 is 1.07 bits per heavy atom. The van der Waals surface area contributed by atoms with Crippen molar-refractivity contribution in [3.8, 4) is 34.3 Å². The normalized spacial score (nSPS) is 12.0. The molecule has 0 saturated carbocycles. The predicted octanol–water partition coefficient (Wildman–Crippen LogP) is 4.96. The predicted molar refractivity (Wildman–Crippen MR) is 114 cm³/mol. The Morgan fingerprint density at radius 3 is 2.63 bits per heavy atom. The molecule has 3 heterocycles. The number of nitrogens with zero attached hydrogens (tertiary/aromatic N) is 4. The van der Waals surface area contributed by atoms with Crippen LogP contribution in [0.5, 0.6) is 11.6 Å². The largest absolute Gasteiger partial charge is 0.439 e. The van der Waals surface area contributed by atoms with Gasteiger partial charge in [-0.15, -0.1) is 0 Å². The minimum atomic E-state index is -1.24. The summed E-state index contributed by atoms with van der Waals surface area (Å²) in [7, 11) is 1.78. The fourth-order valence-corrected chi connectivity index (χ4v) is 3.14. The molecular weight excluding hydrogens is 405 g/mol. The van der Waals surface area contributed by atoms with E-state index in [9.17, 15) is 4.39 Å². The van der Waals surface area contributed by atoms with Gasteiger partial charge in [0.05, 0.1) is 11.4 Å². The number of aromatic nitrogens is 4. The van der Waals surface area contributed by atoms with E-state index < -0.39 is 6.17 Å². The summed E-state index contributed by atoms with van der Waals surface area (Å²) >= 11 is 6.20. The van der Waals surface area contributed by atoms with Crippen LogP contribution in [0.1, 0.15) is 11.7 Å². The van der Waals surface area contributed by atoms with Crippen LogP contribution in [0.4, 0.5) is 4.39 Å². The van der Waals surface area contributed by atoms with Crippen LogP contribution in [0.25, 0.3) is 22.6 Å². The maximum absolute atomic E-state index is 13.8. The number of aryl methyl sites for hydroxylation is 1. The summed E-state index contributed by atoms with van der Waals surface area (Å²) in [6.07, 6.45) is 1.95.